The number of alkyl halides is 1. The lowest BCUT2D eigenvalue weighted by Crippen LogP contribution is -2.37. The summed E-state index contributed by atoms with van der Waals surface area (Å²) < 4.78 is 60.7. The molecule has 80 valence electrons. The molecule has 0 bridgehead atoms. The van der Waals surface area contributed by atoms with Gasteiger partial charge >= 0.3 is 0 Å². The highest BCUT2D eigenvalue weighted by Crippen LogP contribution is 2.42. The molecule has 1 rings (SSSR count). The monoisotopic (exact) mass is 246 g/mol. The van der Waals surface area contributed by atoms with E-state index in [2.05, 4.69) is 0 Å². The van der Waals surface area contributed by atoms with Crippen molar-refractivity contribution < 1.29 is 21.6 Å². The summed E-state index contributed by atoms with van der Waals surface area (Å²) in [5.41, 5.74) is 0. The fraction of sp³-hybridized carbons (Fsp3) is 0.429. The lowest BCUT2D eigenvalue weighted by molar-refractivity contribution is 0.233. The summed E-state index contributed by atoms with van der Waals surface area (Å²) in [6, 6.07) is 0. The standard InChI is InChI=1S/C7H6ClF3O2S/c1-4-6(10)5(9)2-3-7(4,11)14(8,12)13/h2-4H,1H3. The first-order valence-electron chi connectivity index (χ1n) is 3.57. The van der Waals surface area contributed by atoms with Gasteiger partial charge in [0.15, 0.2) is 5.83 Å². The van der Waals surface area contributed by atoms with Crippen molar-refractivity contribution in [3.63, 3.8) is 0 Å². The second-order valence-corrected chi connectivity index (χ2v) is 5.61. The quantitative estimate of drug-likeness (QED) is 0.667. The zero-order valence-corrected chi connectivity index (χ0v) is 8.54. The van der Waals surface area contributed by atoms with Crippen LogP contribution in [0, 0.1) is 5.92 Å². The van der Waals surface area contributed by atoms with Crippen LogP contribution in [0.15, 0.2) is 23.8 Å². The highest BCUT2D eigenvalue weighted by Gasteiger charge is 2.50. The van der Waals surface area contributed by atoms with Gasteiger partial charge in [-0.25, -0.2) is 21.6 Å². The van der Waals surface area contributed by atoms with Gasteiger partial charge in [-0.3, -0.25) is 0 Å². The predicted molar refractivity (Wildman–Crippen MR) is 46.2 cm³/mol. The van der Waals surface area contributed by atoms with Crippen molar-refractivity contribution in [2.24, 2.45) is 5.92 Å². The van der Waals surface area contributed by atoms with Gasteiger partial charge in [0.1, 0.15) is 5.83 Å². The van der Waals surface area contributed by atoms with E-state index in [0.29, 0.717) is 12.2 Å². The van der Waals surface area contributed by atoms with Crippen molar-refractivity contribution in [3.8, 4) is 0 Å². The Hall–Kier alpha value is -0.490. The summed E-state index contributed by atoms with van der Waals surface area (Å²) in [5, 5.41) is -3.09. The molecule has 0 spiro atoms. The Morgan fingerprint density at radius 2 is 2.00 bits per heavy atom. The van der Waals surface area contributed by atoms with E-state index in [9.17, 15) is 21.6 Å². The van der Waals surface area contributed by atoms with Crippen LogP contribution in [0.25, 0.3) is 0 Å². The Morgan fingerprint density at radius 3 is 2.43 bits per heavy atom. The molecule has 0 aromatic carbocycles. The second-order valence-electron chi connectivity index (χ2n) is 2.89. The van der Waals surface area contributed by atoms with Gasteiger partial charge in [0.05, 0.1) is 5.92 Å². The molecule has 0 N–H and O–H groups in total. The number of rotatable bonds is 1. The molecule has 2 atom stereocenters. The Balaban J connectivity index is 3.29. The Kier molecular flexibility index (Phi) is 2.71. The minimum absolute atomic E-state index is 0.401. The van der Waals surface area contributed by atoms with Crippen molar-refractivity contribution in [2.45, 2.75) is 11.9 Å². The van der Waals surface area contributed by atoms with Crippen molar-refractivity contribution in [1.29, 1.82) is 0 Å². The highest BCUT2D eigenvalue weighted by molar-refractivity contribution is 8.14. The van der Waals surface area contributed by atoms with Gasteiger partial charge in [0, 0.05) is 10.7 Å². The van der Waals surface area contributed by atoms with E-state index in [1.807, 2.05) is 0 Å². The fourth-order valence-electron chi connectivity index (χ4n) is 1.08. The van der Waals surface area contributed by atoms with Gasteiger partial charge in [0.2, 0.25) is 0 Å². The minimum Gasteiger partial charge on any atom is -0.220 e. The van der Waals surface area contributed by atoms with Gasteiger partial charge in [-0.05, 0) is 12.2 Å². The van der Waals surface area contributed by atoms with E-state index in [1.54, 1.807) is 0 Å². The first-order chi connectivity index (χ1) is 6.20. The van der Waals surface area contributed by atoms with Crippen molar-refractivity contribution >= 4 is 19.7 Å². The SMILES string of the molecule is CC1C(F)=C(F)C=CC1(F)S(=O)(=O)Cl. The third kappa shape index (κ3) is 1.56. The highest BCUT2D eigenvalue weighted by atomic mass is 35.7. The molecule has 0 aromatic heterocycles. The average Bonchev–Trinajstić information content (AvgIpc) is 2.06. The molecule has 0 saturated heterocycles. The smallest absolute Gasteiger partial charge is 0.220 e. The van der Waals surface area contributed by atoms with E-state index in [1.165, 1.54) is 0 Å². The predicted octanol–water partition coefficient (Wildman–Crippen LogP) is 2.58. The summed E-state index contributed by atoms with van der Waals surface area (Å²) in [6.45, 7) is 0.901. The van der Waals surface area contributed by atoms with Crippen LogP contribution in [-0.4, -0.2) is 13.4 Å². The zero-order chi connectivity index (χ0) is 11.1. The van der Waals surface area contributed by atoms with Gasteiger partial charge in [-0.15, -0.1) is 0 Å². The van der Waals surface area contributed by atoms with Crippen LogP contribution in [0.4, 0.5) is 13.2 Å². The molecule has 0 fully saturated rings. The van der Waals surface area contributed by atoms with E-state index in [4.69, 9.17) is 10.7 Å². The number of allylic oxidation sites excluding steroid dienone is 3. The molecule has 1 aliphatic rings. The first-order valence-corrected chi connectivity index (χ1v) is 5.88. The van der Waals surface area contributed by atoms with Crippen LogP contribution in [0.3, 0.4) is 0 Å². The van der Waals surface area contributed by atoms with Gasteiger partial charge in [-0.2, -0.15) is 0 Å². The molecule has 0 saturated carbocycles. The van der Waals surface area contributed by atoms with Gasteiger partial charge in [-0.1, -0.05) is 6.92 Å². The van der Waals surface area contributed by atoms with Crippen molar-refractivity contribution in [3.05, 3.63) is 23.8 Å². The zero-order valence-electron chi connectivity index (χ0n) is 6.97. The topological polar surface area (TPSA) is 34.1 Å². The Morgan fingerprint density at radius 1 is 1.50 bits per heavy atom. The second kappa shape index (κ2) is 3.27. The molecule has 0 heterocycles. The van der Waals surface area contributed by atoms with Crippen LogP contribution in [0.5, 0.6) is 0 Å². The summed E-state index contributed by atoms with van der Waals surface area (Å²) in [7, 11) is 0.142. The van der Waals surface area contributed by atoms with E-state index in [0.717, 1.165) is 6.92 Å². The van der Waals surface area contributed by atoms with Crippen LogP contribution in [0.1, 0.15) is 6.92 Å². The Bertz CT molecular complexity index is 415. The number of hydrogen-bond acceptors (Lipinski definition) is 2. The van der Waals surface area contributed by atoms with E-state index >= 15 is 0 Å². The van der Waals surface area contributed by atoms with Crippen LogP contribution in [-0.2, 0) is 9.05 Å². The molecule has 1 aliphatic carbocycles. The fourth-order valence-corrected chi connectivity index (χ4v) is 2.39. The lowest BCUT2D eigenvalue weighted by Gasteiger charge is -2.26. The molecule has 14 heavy (non-hydrogen) atoms. The number of hydrogen-bond donors (Lipinski definition) is 0. The molecular weight excluding hydrogens is 241 g/mol. The van der Waals surface area contributed by atoms with E-state index < -0.39 is 31.6 Å². The third-order valence-electron chi connectivity index (χ3n) is 2.03. The van der Waals surface area contributed by atoms with Crippen molar-refractivity contribution in [2.75, 3.05) is 0 Å². The molecule has 0 aliphatic heterocycles. The molecule has 2 unspecified atom stereocenters. The largest absolute Gasteiger partial charge is 0.272 e. The van der Waals surface area contributed by atoms with Crippen LogP contribution >= 0.6 is 10.7 Å². The summed E-state index contributed by atoms with van der Waals surface area (Å²) in [5.74, 6) is -4.53. The van der Waals surface area contributed by atoms with E-state index in [-0.39, 0.29) is 0 Å². The lowest BCUT2D eigenvalue weighted by atomic mass is 9.98. The minimum atomic E-state index is -4.65. The number of halogens is 4. The molecule has 7 heteroatoms. The third-order valence-corrected chi connectivity index (χ3v) is 3.98. The molecule has 0 aromatic rings. The molecule has 2 nitrogen and oxygen atoms in total. The molecule has 0 amide bonds. The van der Waals surface area contributed by atoms with Gasteiger partial charge in [0.25, 0.3) is 14.1 Å². The van der Waals surface area contributed by atoms with Crippen molar-refractivity contribution in [1.82, 2.24) is 0 Å². The summed E-state index contributed by atoms with van der Waals surface area (Å²) >= 11 is 0. The maximum atomic E-state index is 13.6. The average molecular weight is 247 g/mol. The van der Waals surface area contributed by atoms with Crippen LogP contribution < -0.4 is 0 Å². The molecule has 0 radical (unpaired) electrons. The molecular formula is C7H6ClF3O2S. The van der Waals surface area contributed by atoms with Crippen LogP contribution in [0.2, 0.25) is 0 Å². The maximum Gasteiger partial charge on any atom is 0.272 e. The normalized spacial score (nSPS) is 33.6. The summed E-state index contributed by atoms with van der Waals surface area (Å²) in [4.78, 5) is 0. The Labute approximate surface area is 83.5 Å². The summed E-state index contributed by atoms with van der Waals surface area (Å²) in [6.07, 6.45) is 0.813. The maximum absolute atomic E-state index is 13.6. The first kappa shape index (κ1) is 11.6. The van der Waals surface area contributed by atoms with Gasteiger partial charge < -0.3 is 0 Å².